The van der Waals surface area contributed by atoms with E-state index in [2.05, 4.69) is 20.2 Å². The van der Waals surface area contributed by atoms with Crippen LogP contribution in [0.2, 0.25) is 0 Å². The van der Waals surface area contributed by atoms with Crippen LogP contribution in [0.5, 0.6) is 0 Å². The number of benzene rings is 1. The maximum absolute atomic E-state index is 5.24. The molecule has 0 spiro atoms. The Labute approximate surface area is 110 Å². The normalized spacial score (nSPS) is 10.8. The van der Waals surface area contributed by atoms with Crippen LogP contribution in [0.3, 0.4) is 0 Å². The molecule has 2 heterocycles. The fraction of sp³-hybridized carbons (Fsp3) is 0.231. The third-order valence-electron chi connectivity index (χ3n) is 2.84. The summed E-state index contributed by atoms with van der Waals surface area (Å²) in [4.78, 5) is 8.42. The number of hydrogen-bond donors (Lipinski definition) is 0. The predicted octanol–water partition coefficient (Wildman–Crippen LogP) is 1.99. The zero-order valence-electron chi connectivity index (χ0n) is 10.7. The van der Waals surface area contributed by atoms with Crippen LogP contribution >= 0.6 is 0 Å². The predicted molar refractivity (Wildman–Crippen MR) is 68.3 cm³/mol. The van der Waals surface area contributed by atoms with Gasteiger partial charge < -0.3 is 4.52 Å². The van der Waals surface area contributed by atoms with Gasteiger partial charge in [0.15, 0.2) is 0 Å². The lowest BCUT2D eigenvalue weighted by molar-refractivity contribution is 0.364. The highest BCUT2D eigenvalue weighted by Gasteiger charge is 2.10. The molecule has 6 nitrogen and oxygen atoms in total. The van der Waals surface area contributed by atoms with Gasteiger partial charge in [0, 0.05) is 5.56 Å². The lowest BCUT2D eigenvalue weighted by Gasteiger charge is -1.97. The molecule has 0 aliphatic carbocycles. The van der Waals surface area contributed by atoms with Crippen LogP contribution in [0.4, 0.5) is 0 Å². The molecular formula is C13H13N5O. The summed E-state index contributed by atoms with van der Waals surface area (Å²) < 4.78 is 6.95. The smallest absolute Gasteiger partial charge is 0.248 e. The van der Waals surface area contributed by atoms with E-state index in [1.165, 1.54) is 6.33 Å². The van der Waals surface area contributed by atoms with Crippen LogP contribution in [0, 0.1) is 13.8 Å². The van der Waals surface area contributed by atoms with Crippen molar-refractivity contribution in [3.63, 3.8) is 0 Å². The Kier molecular flexibility index (Phi) is 2.83. The molecule has 0 amide bonds. The highest BCUT2D eigenvalue weighted by atomic mass is 16.5. The molecule has 0 saturated heterocycles. The zero-order valence-corrected chi connectivity index (χ0v) is 10.7. The Morgan fingerprint density at radius 1 is 1.26 bits per heavy atom. The molecule has 3 rings (SSSR count). The van der Waals surface area contributed by atoms with E-state index in [9.17, 15) is 0 Å². The van der Waals surface area contributed by atoms with Gasteiger partial charge in [-0.1, -0.05) is 28.9 Å². The van der Waals surface area contributed by atoms with Crippen molar-refractivity contribution >= 4 is 0 Å². The van der Waals surface area contributed by atoms with Gasteiger partial charge in [0.25, 0.3) is 0 Å². The first kappa shape index (κ1) is 11.6. The Balaban J connectivity index is 1.86. The van der Waals surface area contributed by atoms with Gasteiger partial charge in [0.05, 0.1) is 0 Å². The highest BCUT2D eigenvalue weighted by Crippen LogP contribution is 2.17. The summed E-state index contributed by atoms with van der Waals surface area (Å²) in [6.07, 6.45) is 1.51. The second-order valence-corrected chi connectivity index (χ2v) is 4.35. The zero-order chi connectivity index (χ0) is 13.2. The first-order valence-corrected chi connectivity index (χ1v) is 5.96. The maximum atomic E-state index is 5.24. The Hall–Kier alpha value is -2.50. The van der Waals surface area contributed by atoms with Crippen LogP contribution in [0.1, 0.15) is 17.3 Å². The van der Waals surface area contributed by atoms with E-state index in [0.29, 0.717) is 18.3 Å². The van der Waals surface area contributed by atoms with Gasteiger partial charge in [-0.15, -0.1) is 0 Å². The molecule has 6 heteroatoms. The van der Waals surface area contributed by atoms with Gasteiger partial charge in [0.2, 0.25) is 11.7 Å². The largest absolute Gasteiger partial charge is 0.337 e. The number of aryl methyl sites for hydroxylation is 2. The highest BCUT2D eigenvalue weighted by molar-refractivity contribution is 5.55. The van der Waals surface area contributed by atoms with Gasteiger partial charge in [-0.05, 0) is 19.9 Å². The van der Waals surface area contributed by atoms with Gasteiger partial charge in [-0.2, -0.15) is 10.1 Å². The van der Waals surface area contributed by atoms with E-state index >= 15 is 0 Å². The number of hydrogen-bond acceptors (Lipinski definition) is 5. The molecule has 96 valence electrons. The fourth-order valence-electron chi connectivity index (χ4n) is 1.83. The average Bonchev–Trinajstić information content (AvgIpc) is 3.00. The first-order chi connectivity index (χ1) is 9.22. The second kappa shape index (κ2) is 4.64. The lowest BCUT2D eigenvalue weighted by atomic mass is 10.1. The minimum Gasteiger partial charge on any atom is -0.337 e. The van der Waals surface area contributed by atoms with Gasteiger partial charge in [-0.25, -0.2) is 9.67 Å². The minimum atomic E-state index is 0.435. The van der Waals surface area contributed by atoms with Crippen molar-refractivity contribution in [2.45, 2.75) is 20.4 Å². The molecule has 0 saturated carbocycles. The fourth-order valence-corrected chi connectivity index (χ4v) is 1.83. The average molecular weight is 255 g/mol. The molecule has 0 N–H and O–H groups in total. The third-order valence-corrected chi connectivity index (χ3v) is 2.84. The van der Waals surface area contributed by atoms with Crippen molar-refractivity contribution in [2.24, 2.45) is 0 Å². The standard InChI is InChI=1S/C13H13N5O/c1-9-4-3-5-11(6-9)13-16-12(19-17-13)7-18-10(2)14-8-15-18/h3-6,8H,7H2,1-2H3. The van der Waals surface area contributed by atoms with E-state index in [1.807, 2.05) is 38.1 Å². The number of nitrogens with zero attached hydrogens (tertiary/aromatic N) is 5. The summed E-state index contributed by atoms with van der Waals surface area (Å²) >= 11 is 0. The molecule has 0 aliphatic rings. The van der Waals surface area contributed by atoms with Crippen molar-refractivity contribution in [3.05, 3.63) is 47.9 Å². The van der Waals surface area contributed by atoms with Crippen molar-refractivity contribution < 1.29 is 4.52 Å². The van der Waals surface area contributed by atoms with E-state index in [4.69, 9.17) is 4.52 Å². The van der Waals surface area contributed by atoms with Crippen molar-refractivity contribution in [3.8, 4) is 11.4 Å². The summed E-state index contributed by atoms with van der Waals surface area (Å²) in [5.41, 5.74) is 2.11. The number of aromatic nitrogens is 5. The molecular weight excluding hydrogens is 242 g/mol. The second-order valence-electron chi connectivity index (χ2n) is 4.35. The molecule has 0 radical (unpaired) electrons. The summed E-state index contributed by atoms with van der Waals surface area (Å²) in [6, 6.07) is 7.99. The Bertz CT molecular complexity index is 700. The van der Waals surface area contributed by atoms with Crippen molar-refractivity contribution in [1.29, 1.82) is 0 Å². The molecule has 0 aliphatic heterocycles. The molecule has 3 aromatic rings. The van der Waals surface area contributed by atoms with E-state index in [0.717, 1.165) is 17.0 Å². The maximum Gasteiger partial charge on any atom is 0.248 e. The quantitative estimate of drug-likeness (QED) is 0.715. The van der Waals surface area contributed by atoms with Crippen LogP contribution in [0.25, 0.3) is 11.4 Å². The summed E-state index contributed by atoms with van der Waals surface area (Å²) in [5, 5.41) is 8.08. The van der Waals surface area contributed by atoms with E-state index in [-0.39, 0.29) is 0 Å². The minimum absolute atomic E-state index is 0.435. The van der Waals surface area contributed by atoms with Crippen molar-refractivity contribution in [2.75, 3.05) is 0 Å². The van der Waals surface area contributed by atoms with Crippen LogP contribution < -0.4 is 0 Å². The summed E-state index contributed by atoms with van der Waals surface area (Å²) in [7, 11) is 0. The van der Waals surface area contributed by atoms with E-state index < -0.39 is 0 Å². The molecule has 19 heavy (non-hydrogen) atoms. The summed E-state index contributed by atoms with van der Waals surface area (Å²) in [5.74, 6) is 1.93. The molecule has 0 atom stereocenters. The van der Waals surface area contributed by atoms with E-state index in [1.54, 1.807) is 4.68 Å². The Morgan fingerprint density at radius 3 is 2.89 bits per heavy atom. The molecule has 1 aromatic carbocycles. The van der Waals surface area contributed by atoms with Gasteiger partial charge in [0.1, 0.15) is 18.7 Å². The summed E-state index contributed by atoms with van der Waals surface area (Å²) in [6.45, 7) is 4.35. The molecule has 0 bridgehead atoms. The van der Waals surface area contributed by atoms with Crippen LogP contribution in [-0.4, -0.2) is 24.9 Å². The van der Waals surface area contributed by atoms with Crippen LogP contribution in [-0.2, 0) is 6.54 Å². The monoisotopic (exact) mass is 255 g/mol. The van der Waals surface area contributed by atoms with Gasteiger partial charge in [-0.3, -0.25) is 0 Å². The number of rotatable bonds is 3. The Morgan fingerprint density at radius 2 is 2.16 bits per heavy atom. The van der Waals surface area contributed by atoms with Crippen molar-refractivity contribution in [1.82, 2.24) is 24.9 Å². The molecule has 2 aromatic heterocycles. The lowest BCUT2D eigenvalue weighted by Crippen LogP contribution is -2.04. The topological polar surface area (TPSA) is 69.6 Å². The van der Waals surface area contributed by atoms with Crippen LogP contribution in [0.15, 0.2) is 35.1 Å². The first-order valence-electron chi connectivity index (χ1n) is 5.96. The van der Waals surface area contributed by atoms with Gasteiger partial charge >= 0.3 is 0 Å². The molecule has 0 fully saturated rings. The molecule has 0 unspecified atom stereocenters. The SMILES string of the molecule is Cc1cccc(-c2noc(Cn3ncnc3C)n2)c1. The third kappa shape index (κ3) is 2.37.